The van der Waals surface area contributed by atoms with Gasteiger partial charge in [0.2, 0.25) is 0 Å². The minimum Gasteiger partial charge on any atom is -0.497 e. The second-order valence-corrected chi connectivity index (χ2v) is 6.48. The molecule has 0 spiro atoms. The van der Waals surface area contributed by atoms with Gasteiger partial charge in [0.05, 0.1) is 20.1 Å². The summed E-state index contributed by atoms with van der Waals surface area (Å²) in [6.07, 6.45) is 0.821. The SMILES string of the molecule is COc1cc(NC(=O)N2CC[C@H](c3nc4ccccc4o3)C2)cc(OC)c1. The average Bonchev–Trinajstić information content (AvgIpc) is 3.34. The molecule has 140 valence electrons. The Morgan fingerprint density at radius 3 is 2.63 bits per heavy atom. The number of fused-ring (bicyclic) bond motifs is 1. The van der Waals surface area contributed by atoms with Gasteiger partial charge in [0, 0.05) is 37.0 Å². The van der Waals surface area contributed by atoms with Crippen molar-refractivity contribution in [1.82, 2.24) is 9.88 Å². The van der Waals surface area contributed by atoms with Gasteiger partial charge in [-0.25, -0.2) is 9.78 Å². The number of benzene rings is 2. The lowest BCUT2D eigenvalue weighted by Gasteiger charge is -2.17. The summed E-state index contributed by atoms with van der Waals surface area (Å²) in [5.74, 6) is 2.03. The highest BCUT2D eigenvalue weighted by molar-refractivity contribution is 5.90. The molecule has 27 heavy (non-hydrogen) atoms. The number of methoxy groups -OCH3 is 2. The van der Waals surface area contributed by atoms with Crippen LogP contribution in [0, 0.1) is 0 Å². The Hall–Kier alpha value is -3.22. The monoisotopic (exact) mass is 367 g/mol. The van der Waals surface area contributed by atoms with Crippen LogP contribution in [0.4, 0.5) is 10.5 Å². The lowest BCUT2D eigenvalue weighted by Crippen LogP contribution is -2.32. The molecule has 7 heteroatoms. The number of carbonyl (C=O) groups is 1. The summed E-state index contributed by atoms with van der Waals surface area (Å²) in [7, 11) is 3.15. The third kappa shape index (κ3) is 3.53. The second-order valence-electron chi connectivity index (χ2n) is 6.48. The Labute approximate surface area is 156 Å². The summed E-state index contributed by atoms with van der Waals surface area (Å²) >= 11 is 0. The molecular formula is C20H21N3O4. The molecule has 1 saturated heterocycles. The number of nitrogens with one attached hydrogen (secondary N) is 1. The van der Waals surface area contributed by atoms with Crippen LogP contribution in [0.1, 0.15) is 18.2 Å². The van der Waals surface area contributed by atoms with Crippen LogP contribution >= 0.6 is 0 Å². The lowest BCUT2D eigenvalue weighted by molar-refractivity contribution is 0.221. The number of rotatable bonds is 4. The Balaban J connectivity index is 1.45. The standard InChI is InChI=1S/C20H21N3O4/c1-25-15-9-14(10-16(11-15)26-2)21-20(24)23-8-7-13(12-23)19-22-17-5-3-4-6-18(17)27-19/h3-6,9-11,13H,7-8,12H2,1-2H3,(H,21,24)/t13-/m0/s1. The van der Waals surface area contributed by atoms with E-state index in [-0.39, 0.29) is 11.9 Å². The van der Waals surface area contributed by atoms with Crippen molar-refractivity contribution in [2.45, 2.75) is 12.3 Å². The van der Waals surface area contributed by atoms with Gasteiger partial charge in [-0.1, -0.05) is 12.1 Å². The molecule has 1 aromatic heterocycles. The van der Waals surface area contributed by atoms with Gasteiger partial charge in [0.25, 0.3) is 0 Å². The van der Waals surface area contributed by atoms with Gasteiger partial charge in [-0.05, 0) is 18.6 Å². The quantitative estimate of drug-likeness (QED) is 0.757. The first-order valence-corrected chi connectivity index (χ1v) is 8.80. The molecule has 2 heterocycles. The number of para-hydroxylation sites is 2. The second kappa shape index (κ2) is 7.19. The smallest absolute Gasteiger partial charge is 0.321 e. The maximum absolute atomic E-state index is 12.6. The summed E-state index contributed by atoms with van der Waals surface area (Å²) < 4.78 is 16.3. The van der Waals surface area contributed by atoms with Gasteiger partial charge < -0.3 is 24.1 Å². The van der Waals surface area contributed by atoms with Crippen molar-refractivity contribution >= 4 is 22.8 Å². The first-order valence-electron chi connectivity index (χ1n) is 8.80. The summed E-state index contributed by atoms with van der Waals surface area (Å²) in [6, 6.07) is 12.8. The number of nitrogens with zero attached hydrogens (tertiary/aromatic N) is 2. The maximum atomic E-state index is 12.6. The number of hydrogen-bond acceptors (Lipinski definition) is 5. The number of aromatic nitrogens is 1. The van der Waals surface area contributed by atoms with E-state index in [0.717, 1.165) is 17.5 Å². The molecule has 1 atom stereocenters. The molecule has 1 N–H and O–H groups in total. The number of amides is 2. The van der Waals surface area contributed by atoms with Crippen LogP contribution in [0.25, 0.3) is 11.1 Å². The Kier molecular flexibility index (Phi) is 4.58. The zero-order valence-electron chi connectivity index (χ0n) is 15.3. The molecule has 0 aliphatic carbocycles. The summed E-state index contributed by atoms with van der Waals surface area (Å²) in [6.45, 7) is 1.22. The van der Waals surface area contributed by atoms with Gasteiger partial charge >= 0.3 is 6.03 Å². The number of oxazole rings is 1. The van der Waals surface area contributed by atoms with E-state index in [2.05, 4.69) is 10.3 Å². The minimum atomic E-state index is -0.163. The summed E-state index contributed by atoms with van der Waals surface area (Å²) in [4.78, 5) is 19.0. The maximum Gasteiger partial charge on any atom is 0.321 e. The first kappa shape index (κ1) is 17.2. The van der Waals surface area contributed by atoms with Crippen molar-refractivity contribution in [3.05, 3.63) is 48.4 Å². The largest absolute Gasteiger partial charge is 0.497 e. The van der Waals surface area contributed by atoms with Crippen LogP contribution in [-0.4, -0.2) is 43.2 Å². The van der Waals surface area contributed by atoms with Crippen LogP contribution in [-0.2, 0) is 0 Å². The van der Waals surface area contributed by atoms with E-state index >= 15 is 0 Å². The molecular weight excluding hydrogens is 346 g/mol. The molecule has 1 aliphatic rings. The van der Waals surface area contributed by atoms with Crippen molar-refractivity contribution in [3.8, 4) is 11.5 Å². The Morgan fingerprint density at radius 1 is 1.19 bits per heavy atom. The topological polar surface area (TPSA) is 76.8 Å². The minimum absolute atomic E-state index is 0.1000. The van der Waals surface area contributed by atoms with Crippen LogP contribution in [0.15, 0.2) is 46.9 Å². The van der Waals surface area contributed by atoms with Crippen LogP contribution in [0.5, 0.6) is 11.5 Å². The molecule has 7 nitrogen and oxygen atoms in total. The van der Waals surface area contributed by atoms with E-state index in [1.807, 2.05) is 24.3 Å². The fourth-order valence-corrected chi connectivity index (χ4v) is 3.29. The molecule has 0 bridgehead atoms. The molecule has 1 aliphatic heterocycles. The number of hydrogen-bond donors (Lipinski definition) is 1. The normalized spacial score (nSPS) is 16.5. The average molecular weight is 367 g/mol. The van der Waals surface area contributed by atoms with Gasteiger partial charge in [0.1, 0.15) is 17.0 Å². The number of likely N-dealkylation sites (tertiary alicyclic amines) is 1. The predicted octanol–water partition coefficient (Wildman–Crippen LogP) is 3.87. The van der Waals surface area contributed by atoms with E-state index in [0.29, 0.717) is 36.2 Å². The molecule has 0 unspecified atom stereocenters. The molecule has 3 aromatic rings. The summed E-state index contributed by atoms with van der Waals surface area (Å²) in [5.41, 5.74) is 2.25. The van der Waals surface area contributed by atoms with E-state index in [1.54, 1.807) is 37.3 Å². The molecule has 4 rings (SSSR count). The number of ether oxygens (including phenoxy) is 2. The zero-order valence-corrected chi connectivity index (χ0v) is 15.3. The summed E-state index contributed by atoms with van der Waals surface area (Å²) in [5, 5.41) is 2.91. The fraction of sp³-hybridized carbons (Fsp3) is 0.300. The van der Waals surface area contributed by atoms with Gasteiger partial charge in [-0.2, -0.15) is 0 Å². The van der Waals surface area contributed by atoms with Crippen molar-refractivity contribution in [2.75, 3.05) is 32.6 Å². The van der Waals surface area contributed by atoms with E-state index < -0.39 is 0 Å². The molecule has 1 fully saturated rings. The van der Waals surface area contributed by atoms with Gasteiger partial charge in [-0.15, -0.1) is 0 Å². The lowest BCUT2D eigenvalue weighted by atomic mass is 10.1. The highest BCUT2D eigenvalue weighted by Crippen LogP contribution is 2.30. The first-order chi connectivity index (χ1) is 13.2. The Bertz CT molecular complexity index is 914. The molecule has 0 saturated carbocycles. The highest BCUT2D eigenvalue weighted by atomic mass is 16.5. The van der Waals surface area contributed by atoms with Crippen molar-refractivity contribution in [2.24, 2.45) is 0 Å². The predicted molar refractivity (Wildman–Crippen MR) is 102 cm³/mol. The number of carbonyl (C=O) groups excluding carboxylic acids is 1. The van der Waals surface area contributed by atoms with Crippen LogP contribution in [0.2, 0.25) is 0 Å². The van der Waals surface area contributed by atoms with Crippen LogP contribution < -0.4 is 14.8 Å². The number of urea groups is 1. The van der Waals surface area contributed by atoms with Gasteiger partial charge in [0.15, 0.2) is 11.5 Å². The fourth-order valence-electron chi connectivity index (χ4n) is 3.29. The Morgan fingerprint density at radius 2 is 1.93 bits per heavy atom. The van der Waals surface area contributed by atoms with Crippen LogP contribution in [0.3, 0.4) is 0 Å². The van der Waals surface area contributed by atoms with Crippen molar-refractivity contribution in [3.63, 3.8) is 0 Å². The molecule has 2 aromatic carbocycles. The van der Waals surface area contributed by atoms with Crippen molar-refractivity contribution < 1.29 is 18.7 Å². The zero-order chi connectivity index (χ0) is 18.8. The molecule has 2 amide bonds. The molecule has 0 radical (unpaired) electrons. The highest BCUT2D eigenvalue weighted by Gasteiger charge is 2.30. The third-order valence-corrected chi connectivity index (χ3v) is 4.74. The van der Waals surface area contributed by atoms with Gasteiger partial charge in [-0.3, -0.25) is 0 Å². The number of anilines is 1. The van der Waals surface area contributed by atoms with Crippen molar-refractivity contribution in [1.29, 1.82) is 0 Å². The van der Waals surface area contributed by atoms with E-state index in [4.69, 9.17) is 13.9 Å². The third-order valence-electron chi connectivity index (χ3n) is 4.74. The van der Waals surface area contributed by atoms with E-state index in [9.17, 15) is 4.79 Å². The van der Waals surface area contributed by atoms with E-state index in [1.165, 1.54) is 0 Å².